The molecule has 1 saturated heterocycles. The maximum atomic E-state index is 15.9. The van der Waals surface area contributed by atoms with Crippen molar-refractivity contribution in [1.82, 2.24) is 24.6 Å². The number of carbonyl (C=O) groups is 1. The number of nitrogens with one attached hydrogen (secondary N) is 2. The number of halogens is 1. The number of aromatic amines is 1. The Hall–Kier alpha value is -2.74. The molecule has 2 aromatic heterocycles. The molecule has 3 heterocycles. The molecule has 1 aromatic carbocycles. The lowest BCUT2D eigenvalue weighted by atomic mass is 9.98. The molecule has 39 heavy (non-hydrogen) atoms. The van der Waals surface area contributed by atoms with Gasteiger partial charge in [0.1, 0.15) is 29.8 Å². The number of para-hydroxylation sites is 1. The van der Waals surface area contributed by atoms with E-state index >= 15 is 4.39 Å². The fourth-order valence-corrected chi connectivity index (χ4v) is 6.48. The molecule has 212 valence electrons. The quantitative estimate of drug-likeness (QED) is 0.239. The first-order chi connectivity index (χ1) is 18.3. The first-order valence-corrected chi connectivity index (χ1v) is 14.9. The first kappa shape index (κ1) is 29.2. The summed E-state index contributed by atoms with van der Waals surface area (Å²) in [6.45, 7) is 3.92. The zero-order chi connectivity index (χ0) is 28.5. The van der Waals surface area contributed by atoms with Gasteiger partial charge < -0.3 is 28.6 Å². The summed E-state index contributed by atoms with van der Waals surface area (Å²) in [5, 5.41) is 13.8. The van der Waals surface area contributed by atoms with E-state index in [1.165, 1.54) is 17.8 Å². The van der Waals surface area contributed by atoms with Crippen molar-refractivity contribution in [2.24, 2.45) is 0 Å². The molecule has 0 aliphatic carbocycles. The van der Waals surface area contributed by atoms with Gasteiger partial charge >= 0.3 is 12.6 Å². The number of aryl methyl sites for hydroxylation is 1. The van der Waals surface area contributed by atoms with Crippen LogP contribution in [-0.4, -0.2) is 67.2 Å². The fraction of sp³-hybridized carbons (Fsp3) is 0.500. The molecule has 3 N–H and O–H groups in total. The highest BCUT2D eigenvalue weighted by Crippen LogP contribution is 2.48. The highest BCUT2D eigenvalue weighted by atomic mass is 32.5. The molecule has 1 aliphatic heterocycles. The monoisotopic (exact) mass is 583 g/mol. The van der Waals surface area contributed by atoms with Crippen LogP contribution in [0.2, 0.25) is 0 Å². The van der Waals surface area contributed by atoms with Crippen molar-refractivity contribution in [2.45, 2.75) is 70.9 Å². The highest BCUT2D eigenvalue weighted by molar-refractivity contribution is 8.09. The Balaban J connectivity index is 1.56. The number of aliphatic hydroxyl groups excluding tert-OH is 1. The lowest BCUT2D eigenvalue weighted by Crippen LogP contribution is -2.41. The standard InChI is InChI=1S/C24H31FN5O7PS/c1-13(2)35-22(33)14(3)29-38(39,37-16-9-7-6-8-10-16)34-11-17-19(31)24(5,25)23(36-17)30-12-26-18-20(30)27-15(4)28-21(18)32/h6-10,12-14,17,19,23,31H,11H2,1-5H3,(H,29,39)(H,27,28,32)/t14?,17-,19?,23-,24?,38?/m1/s1. The summed E-state index contributed by atoms with van der Waals surface area (Å²) < 4.78 is 40.2. The van der Waals surface area contributed by atoms with Gasteiger partial charge in [0.15, 0.2) is 23.1 Å². The van der Waals surface area contributed by atoms with Crippen LogP contribution in [0.15, 0.2) is 41.5 Å². The van der Waals surface area contributed by atoms with Gasteiger partial charge in [-0.1, -0.05) is 18.2 Å². The first-order valence-electron chi connectivity index (χ1n) is 12.2. The number of rotatable bonds is 10. The van der Waals surface area contributed by atoms with E-state index in [0.29, 0.717) is 11.6 Å². The van der Waals surface area contributed by atoms with Crippen LogP contribution in [0.4, 0.5) is 4.39 Å². The minimum atomic E-state index is -3.46. The van der Waals surface area contributed by atoms with E-state index in [0.717, 1.165) is 0 Å². The number of imidazole rings is 1. The number of aromatic nitrogens is 4. The summed E-state index contributed by atoms with van der Waals surface area (Å²) in [5.74, 6) is 0.136. The minimum absolute atomic E-state index is 0.00687. The van der Waals surface area contributed by atoms with Crippen molar-refractivity contribution < 1.29 is 32.8 Å². The predicted molar refractivity (Wildman–Crippen MR) is 143 cm³/mol. The third-order valence-electron chi connectivity index (χ3n) is 5.96. The molecule has 4 unspecified atom stereocenters. The van der Waals surface area contributed by atoms with E-state index in [2.05, 4.69) is 20.0 Å². The van der Waals surface area contributed by atoms with Crippen molar-refractivity contribution >= 4 is 35.6 Å². The lowest BCUT2D eigenvalue weighted by molar-refractivity contribution is -0.149. The summed E-state index contributed by atoms with van der Waals surface area (Å²) in [6.07, 6.45) is -3.32. The minimum Gasteiger partial charge on any atom is -0.462 e. The van der Waals surface area contributed by atoms with Crippen LogP contribution < -0.4 is 15.2 Å². The Kier molecular flexibility index (Phi) is 8.55. The van der Waals surface area contributed by atoms with E-state index < -0.39 is 48.3 Å². The number of alkyl halides is 1. The molecular weight excluding hydrogens is 552 g/mol. The average Bonchev–Trinajstić information content (AvgIpc) is 3.36. The molecule has 4 rings (SSSR count). The van der Waals surface area contributed by atoms with Crippen LogP contribution in [0.3, 0.4) is 0 Å². The van der Waals surface area contributed by atoms with Crippen LogP contribution >= 0.6 is 6.64 Å². The van der Waals surface area contributed by atoms with Gasteiger partial charge in [-0.05, 0) is 58.6 Å². The van der Waals surface area contributed by atoms with Crippen molar-refractivity contribution in [1.29, 1.82) is 0 Å². The number of hydrogen-bond acceptors (Lipinski definition) is 10. The van der Waals surface area contributed by atoms with Crippen molar-refractivity contribution in [3.63, 3.8) is 0 Å². The van der Waals surface area contributed by atoms with Crippen molar-refractivity contribution in [3.8, 4) is 5.75 Å². The Morgan fingerprint density at radius 2 is 2.05 bits per heavy atom. The molecule has 0 spiro atoms. The van der Waals surface area contributed by atoms with E-state index in [-0.39, 0.29) is 23.9 Å². The number of benzene rings is 1. The Labute approximate surface area is 229 Å². The number of H-pyrrole nitrogens is 1. The molecule has 0 saturated carbocycles. The van der Waals surface area contributed by atoms with Crippen molar-refractivity contribution in [2.75, 3.05) is 6.61 Å². The van der Waals surface area contributed by atoms with Crippen LogP contribution in [-0.2, 0) is 30.6 Å². The number of hydrogen-bond donors (Lipinski definition) is 3. The van der Waals surface area contributed by atoms with Gasteiger partial charge in [-0.3, -0.25) is 14.2 Å². The number of fused-ring (bicyclic) bond motifs is 1. The molecule has 15 heteroatoms. The largest absolute Gasteiger partial charge is 0.462 e. The second kappa shape index (κ2) is 11.4. The number of esters is 1. The Morgan fingerprint density at radius 1 is 1.36 bits per heavy atom. The number of aliphatic hydroxyl groups is 1. The second-order valence-electron chi connectivity index (χ2n) is 9.63. The zero-order valence-electron chi connectivity index (χ0n) is 22.0. The molecular formula is C24H31FN5O7PS. The molecule has 12 nitrogen and oxygen atoms in total. The zero-order valence-corrected chi connectivity index (χ0v) is 23.7. The summed E-state index contributed by atoms with van der Waals surface area (Å²) in [7, 11) is 0. The van der Waals surface area contributed by atoms with Gasteiger partial charge in [0.2, 0.25) is 0 Å². The van der Waals surface area contributed by atoms with Crippen LogP contribution in [0, 0.1) is 6.92 Å². The normalized spacial score (nSPS) is 25.5. The van der Waals surface area contributed by atoms with Gasteiger partial charge in [0.25, 0.3) is 5.56 Å². The summed E-state index contributed by atoms with van der Waals surface area (Å²) in [6, 6.07) is 7.72. The third kappa shape index (κ3) is 6.37. The lowest BCUT2D eigenvalue weighted by Gasteiger charge is -2.28. The Morgan fingerprint density at radius 3 is 2.72 bits per heavy atom. The van der Waals surface area contributed by atoms with E-state index in [4.69, 9.17) is 30.3 Å². The highest BCUT2D eigenvalue weighted by Gasteiger charge is 2.55. The predicted octanol–water partition coefficient (Wildman–Crippen LogP) is 2.66. The molecule has 1 aliphatic rings. The smallest absolute Gasteiger partial charge is 0.323 e. The number of carbonyl (C=O) groups excluding carboxylic acids is 1. The molecule has 6 atom stereocenters. The molecule has 0 amide bonds. The molecule has 1 fully saturated rings. The van der Waals surface area contributed by atoms with Gasteiger partial charge in [-0.2, -0.15) is 0 Å². The van der Waals surface area contributed by atoms with Gasteiger partial charge in [0, 0.05) is 0 Å². The number of nitrogens with zero attached hydrogens (tertiary/aromatic N) is 3. The maximum Gasteiger partial charge on any atom is 0.323 e. The maximum absolute atomic E-state index is 15.9. The molecule has 0 bridgehead atoms. The van der Waals surface area contributed by atoms with Gasteiger partial charge in [-0.15, -0.1) is 0 Å². The van der Waals surface area contributed by atoms with Crippen LogP contribution in [0.5, 0.6) is 5.75 Å². The fourth-order valence-electron chi connectivity index (χ4n) is 4.06. The van der Waals surface area contributed by atoms with Crippen LogP contribution in [0.25, 0.3) is 11.2 Å². The van der Waals surface area contributed by atoms with E-state index in [1.54, 1.807) is 58.0 Å². The van der Waals surface area contributed by atoms with E-state index in [9.17, 15) is 14.7 Å². The van der Waals surface area contributed by atoms with Gasteiger partial charge in [-0.25, -0.2) is 19.4 Å². The van der Waals surface area contributed by atoms with Gasteiger partial charge in [0.05, 0.1) is 19.0 Å². The third-order valence-corrected chi connectivity index (χ3v) is 8.45. The molecule has 0 radical (unpaired) electrons. The van der Waals surface area contributed by atoms with E-state index in [1.807, 2.05) is 0 Å². The van der Waals surface area contributed by atoms with Crippen molar-refractivity contribution in [3.05, 3.63) is 52.8 Å². The summed E-state index contributed by atoms with van der Waals surface area (Å²) in [5.41, 5.74) is -2.68. The molecule has 3 aromatic rings. The summed E-state index contributed by atoms with van der Waals surface area (Å²) >= 11 is 5.68. The topological polar surface area (TPSA) is 150 Å². The Bertz CT molecular complexity index is 1430. The summed E-state index contributed by atoms with van der Waals surface area (Å²) in [4.78, 5) is 35.5. The number of ether oxygens (including phenoxy) is 2. The van der Waals surface area contributed by atoms with Crippen LogP contribution in [0.1, 0.15) is 39.7 Å². The average molecular weight is 584 g/mol. The SMILES string of the molecule is Cc1nc2c(ncn2[C@@H]2O[C@H](COP(=S)(NC(C)C(=O)OC(C)C)Oc3ccccc3)C(O)C2(C)F)c(=O)[nH]1. The second-order valence-corrected chi connectivity index (χ2v) is 12.8.